The first-order valence-electron chi connectivity index (χ1n) is 17.9. The van der Waals surface area contributed by atoms with Crippen LogP contribution in [0.4, 0.5) is 0 Å². The van der Waals surface area contributed by atoms with E-state index < -0.39 is 26.5 Å². The lowest BCUT2D eigenvalue weighted by atomic mass is 10.4. The lowest BCUT2D eigenvalue weighted by Gasteiger charge is -2.28. The van der Waals surface area contributed by atoms with E-state index in [0.717, 1.165) is 0 Å². The normalized spacial score (nSPS) is 11.5. The molecule has 0 atom stereocenters. The van der Waals surface area contributed by atoms with Crippen LogP contribution in [0.1, 0.15) is 158 Å². The molecule has 0 rings (SSSR count). The zero-order valence-corrected chi connectivity index (χ0v) is 31.4. The van der Waals surface area contributed by atoms with Gasteiger partial charge in [-0.2, -0.15) is 0 Å². The summed E-state index contributed by atoms with van der Waals surface area (Å²) in [7, 11) is -1.12. The maximum Gasteiger partial charge on any atom is 0.0643 e. The molecule has 0 aromatic rings. The van der Waals surface area contributed by atoms with E-state index in [1.54, 1.807) is 49.3 Å². The van der Waals surface area contributed by atoms with Crippen molar-refractivity contribution in [2.75, 3.05) is 49.3 Å². The predicted octanol–water partition coefficient (Wildman–Crippen LogP) is 9.45. The summed E-state index contributed by atoms with van der Waals surface area (Å²) in [5.74, 6) is -3.09. The topological polar surface area (TPSA) is 80.3 Å². The molecule has 0 fully saturated rings. The number of aliphatic carboxylic acids is 2. The fourth-order valence-electron chi connectivity index (χ4n) is 5.43. The van der Waals surface area contributed by atoms with E-state index in [2.05, 4.69) is 55.4 Å². The van der Waals surface area contributed by atoms with Crippen molar-refractivity contribution in [2.45, 2.75) is 158 Å². The minimum absolute atomic E-state index is 0.384. The third-order valence-electron chi connectivity index (χ3n) is 8.24. The van der Waals surface area contributed by atoms with Crippen LogP contribution in [0.2, 0.25) is 0 Å². The highest BCUT2D eigenvalue weighted by Gasteiger charge is 2.35. The highest BCUT2D eigenvalue weighted by atomic mass is 31.2. The predicted molar refractivity (Wildman–Crippen MR) is 191 cm³/mol. The molecule has 0 aromatic carbocycles. The molecule has 0 saturated carbocycles. The Hall–Kier alpha value is -0.460. The maximum absolute atomic E-state index is 9.41. The van der Waals surface area contributed by atoms with Gasteiger partial charge >= 0.3 is 0 Å². The van der Waals surface area contributed by atoms with E-state index >= 15 is 0 Å². The third kappa shape index (κ3) is 29.6. The lowest BCUT2D eigenvalue weighted by molar-refractivity contribution is -0.301. The van der Waals surface area contributed by atoms with Crippen LogP contribution in [0.3, 0.4) is 0 Å². The molecule has 0 aliphatic carbocycles. The smallest absolute Gasteiger partial charge is 0.0643 e. The molecule has 0 heterocycles. The van der Waals surface area contributed by atoms with E-state index in [1.165, 1.54) is 103 Å². The molecule has 0 radical (unpaired) electrons. The number of rotatable bonds is 26. The highest BCUT2D eigenvalue weighted by Crippen LogP contribution is 2.62. The van der Waals surface area contributed by atoms with Gasteiger partial charge in [-0.15, -0.1) is 0 Å². The third-order valence-corrected chi connectivity index (χ3v) is 18.4. The van der Waals surface area contributed by atoms with Gasteiger partial charge in [0.2, 0.25) is 0 Å². The molecule has 0 unspecified atom stereocenters. The second-order valence-electron chi connectivity index (χ2n) is 12.3. The molecule has 0 amide bonds. The number of hydrogen-bond acceptors (Lipinski definition) is 4. The summed E-state index contributed by atoms with van der Waals surface area (Å²) >= 11 is 0. The van der Waals surface area contributed by atoms with Gasteiger partial charge in [0.15, 0.2) is 0 Å². The largest absolute Gasteiger partial charge is 0.545 e. The van der Waals surface area contributed by atoms with Crippen LogP contribution in [0, 0.1) is 0 Å². The Morgan fingerprint density at radius 3 is 0.619 bits per heavy atom. The fourth-order valence-corrected chi connectivity index (χ4v) is 16.0. The molecule has 42 heavy (non-hydrogen) atoms. The number of unbranched alkanes of at least 4 members (excludes halogenated alkanes) is 8. The first-order valence-corrected chi connectivity index (χ1v) is 23.0. The Morgan fingerprint density at radius 1 is 0.381 bits per heavy atom. The summed E-state index contributed by atoms with van der Waals surface area (Å²) in [6, 6.07) is 0. The first kappa shape index (κ1) is 46.0. The molecule has 0 aliphatic heterocycles. The molecule has 0 aliphatic rings. The van der Waals surface area contributed by atoms with Gasteiger partial charge in [-0.25, -0.2) is 0 Å². The molecule has 0 saturated heterocycles. The van der Waals surface area contributed by atoms with E-state index in [4.69, 9.17) is 0 Å². The molecule has 6 heteroatoms. The molecule has 0 spiro atoms. The Labute approximate surface area is 265 Å². The van der Waals surface area contributed by atoms with Gasteiger partial charge in [0.25, 0.3) is 0 Å². The standard InChI is InChI=1S/2C16H36P.C4H4O4/c2*1-5-9-13-17(14-10-6-2,15-11-7-3)16-12-8-4;5-3(6)1-2-4(7)8/h2*5-16H2,1-4H3;1-2H,(H,5,6)(H,7,8)/q2*+1;/p-2/b;;2-1+. The molecular weight excluding hydrogens is 558 g/mol. The molecule has 0 bridgehead atoms. The van der Waals surface area contributed by atoms with Crippen LogP contribution in [-0.4, -0.2) is 61.2 Å². The summed E-state index contributed by atoms with van der Waals surface area (Å²) in [4.78, 5) is 18.8. The van der Waals surface area contributed by atoms with E-state index in [-0.39, 0.29) is 0 Å². The maximum atomic E-state index is 9.41. The SMILES string of the molecule is CCCC[P+](CCCC)(CCCC)CCCC.CCCC[P+](CCCC)(CCCC)CCCC.O=C([O-])/C=C/C(=O)[O-]. The van der Waals surface area contributed by atoms with Crippen molar-refractivity contribution >= 4 is 26.5 Å². The summed E-state index contributed by atoms with van der Waals surface area (Å²) in [6.45, 7) is 18.8. The average molecular weight is 633 g/mol. The summed E-state index contributed by atoms with van der Waals surface area (Å²) in [5, 5.41) is 18.8. The van der Waals surface area contributed by atoms with Crippen LogP contribution >= 0.6 is 14.5 Å². The Balaban J connectivity index is -0.000000579. The molecule has 0 aromatic heterocycles. The summed E-state index contributed by atoms with van der Waals surface area (Å²) in [5.41, 5.74) is 0. The van der Waals surface area contributed by atoms with Crippen molar-refractivity contribution in [3.8, 4) is 0 Å². The number of carboxylic acids is 2. The molecule has 0 N–H and O–H groups in total. The summed E-state index contributed by atoms with van der Waals surface area (Å²) < 4.78 is 0. The van der Waals surface area contributed by atoms with Crippen LogP contribution in [-0.2, 0) is 9.59 Å². The quantitative estimate of drug-likeness (QED) is 0.0703. The number of carboxylic acid groups (broad SMARTS) is 2. The number of carbonyl (C=O) groups is 2. The van der Waals surface area contributed by atoms with Crippen molar-refractivity contribution in [1.82, 2.24) is 0 Å². The van der Waals surface area contributed by atoms with Crippen molar-refractivity contribution in [1.29, 1.82) is 0 Å². The Morgan fingerprint density at radius 2 is 0.524 bits per heavy atom. The minimum atomic E-state index is -1.55. The Kier molecular flexibility index (Phi) is 36.6. The second kappa shape index (κ2) is 33.4. The first-order chi connectivity index (χ1) is 20.1. The molecular formula is C36H74O4P2. The highest BCUT2D eigenvalue weighted by molar-refractivity contribution is 7.76. The van der Waals surface area contributed by atoms with Gasteiger partial charge in [0, 0.05) is 14.5 Å². The minimum Gasteiger partial charge on any atom is -0.545 e. The zero-order chi connectivity index (χ0) is 32.5. The second-order valence-corrected chi connectivity index (χ2v) is 21.2. The fraction of sp³-hybridized carbons (Fsp3) is 0.889. The molecule has 4 nitrogen and oxygen atoms in total. The molecule has 252 valence electrons. The van der Waals surface area contributed by atoms with Gasteiger partial charge in [-0.1, -0.05) is 107 Å². The van der Waals surface area contributed by atoms with Gasteiger partial charge in [-0.3, -0.25) is 0 Å². The van der Waals surface area contributed by atoms with Crippen molar-refractivity contribution in [3.05, 3.63) is 12.2 Å². The van der Waals surface area contributed by atoms with Crippen LogP contribution in [0.15, 0.2) is 12.2 Å². The van der Waals surface area contributed by atoms with Gasteiger partial charge < -0.3 is 19.8 Å². The van der Waals surface area contributed by atoms with Crippen LogP contribution < -0.4 is 10.2 Å². The summed E-state index contributed by atoms with van der Waals surface area (Å²) in [6.07, 6.45) is 36.7. The Bertz CT molecular complexity index is 495. The van der Waals surface area contributed by atoms with Gasteiger partial charge in [0.05, 0.1) is 61.2 Å². The van der Waals surface area contributed by atoms with Gasteiger partial charge in [-0.05, 0) is 63.5 Å². The van der Waals surface area contributed by atoms with Crippen molar-refractivity contribution in [3.63, 3.8) is 0 Å². The lowest BCUT2D eigenvalue weighted by Crippen LogP contribution is -2.23. The van der Waals surface area contributed by atoms with E-state index in [9.17, 15) is 19.8 Å². The zero-order valence-electron chi connectivity index (χ0n) is 29.7. The van der Waals surface area contributed by atoms with E-state index in [0.29, 0.717) is 12.2 Å². The van der Waals surface area contributed by atoms with E-state index in [1.807, 2.05) is 0 Å². The van der Waals surface area contributed by atoms with Crippen LogP contribution in [0.25, 0.3) is 0 Å². The number of carbonyl (C=O) groups excluding carboxylic acids is 2. The van der Waals surface area contributed by atoms with Crippen molar-refractivity contribution < 1.29 is 19.8 Å². The number of hydrogen-bond donors (Lipinski definition) is 0. The van der Waals surface area contributed by atoms with Crippen molar-refractivity contribution in [2.24, 2.45) is 0 Å². The van der Waals surface area contributed by atoms with Gasteiger partial charge in [0.1, 0.15) is 0 Å². The monoisotopic (exact) mass is 633 g/mol. The average Bonchev–Trinajstić information content (AvgIpc) is 2.99. The van der Waals surface area contributed by atoms with Crippen LogP contribution in [0.5, 0.6) is 0 Å².